The Balaban J connectivity index is 2.54. The van der Waals surface area contributed by atoms with Gasteiger partial charge < -0.3 is 4.74 Å². The van der Waals surface area contributed by atoms with Crippen LogP contribution in [-0.4, -0.2) is 21.7 Å². The standard InChI is InChI=1S/C13H16Br2O2/c1-9(14)13(10(2)15)17-12(16)8-11-6-4-3-5-7-11/h3-7,9-10,13H,8H2,1-2H3. The van der Waals surface area contributed by atoms with Crippen molar-refractivity contribution in [3.63, 3.8) is 0 Å². The molecule has 0 N–H and O–H groups in total. The van der Waals surface area contributed by atoms with E-state index in [1.165, 1.54) is 0 Å². The summed E-state index contributed by atoms with van der Waals surface area (Å²) in [6.45, 7) is 3.94. The third kappa shape index (κ3) is 5.21. The minimum atomic E-state index is -0.196. The van der Waals surface area contributed by atoms with Crippen LogP contribution >= 0.6 is 31.9 Å². The van der Waals surface area contributed by atoms with Crippen LogP contribution in [0, 0.1) is 0 Å². The largest absolute Gasteiger partial charge is 0.460 e. The SMILES string of the molecule is CC(Br)C(OC(=O)Cc1ccccc1)C(C)Br. The normalized spacial score (nSPS) is 16.0. The van der Waals surface area contributed by atoms with Crippen LogP contribution in [0.4, 0.5) is 0 Å². The van der Waals surface area contributed by atoms with Gasteiger partial charge in [-0.15, -0.1) is 0 Å². The minimum Gasteiger partial charge on any atom is -0.460 e. The van der Waals surface area contributed by atoms with Gasteiger partial charge >= 0.3 is 5.97 Å². The third-order valence-corrected chi connectivity index (χ3v) is 3.41. The molecule has 2 nitrogen and oxygen atoms in total. The highest BCUT2D eigenvalue weighted by Crippen LogP contribution is 2.19. The first-order valence-electron chi connectivity index (χ1n) is 5.52. The van der Waals surface area contributed by atoms with Gasteiger partial charge in [0.05, 0.1) is 6.42 Å². The summed E-state index contributed by atoms with van der Waals surface area (Å²) in [7, 11) is 0. The Hall–Kier alpha value is -0.350. The predicted molar refractivity (Wildman–Crippen MR) is 76.8 cm³/mol. The summed E-state index contributed by atoms with van der Waals surface area (Å²) in [6.07, 6.45) is 0.155. The molecule has 0 radical (unpaired) electrons. The molecule has 0 aliphatic carbocycles. The molecule has 1 aromatic rings. The van der Waals surface area contributed by atoms with Crippen LogP contribution in [0.25, 0.3) is 0 Å². The van der Waals surface area contributed by atoms with Crippen LogP contribution in [0.15, 0.2) is 30.3 Å². The Bertz CT molecular complexity index is 342. The second-order valence-electron chi connectivity index (χ2n) is 3.97. The van der Waals surface area contributed by atoms with Crippen LogP contribution in [0.5, 0.6) is 0 Å². The zero-order chi connectivity index (χ0) is 12.8. The number of carbonyl (C=O) groups excluding carboxylic acids is 1. The average Bonchev–Trinajstić information content (AvgIpc) is 2.26. The number of benzene rings is 1. The summed E-state index contributed by atoms with van der Waals surface area (Å²) in [5.41, 5.74) is 0.973. The Morgan fingerprint density at radius 1 is 1.18 bits per heavy atom. The number of alkyl halides is 2. The average molecular weight is 364 g/mol. The number of hydrogen-bond donors (Lipinski definition) is 0. The second-order valence-corrected chi connectivity index (χ2v) is 6.86. The van der Waals surface area contributed by atoms with E-state index in [2.05, 4.69) is 31.9 Å². The monoisotopic (exact) mass is 362 g/mol. The molecule has 94 valence electrons. The van der Waals surface area contributed by atoms with Crippen LogP contribution in [0.1, 0.15) is 19.4 Å². The molecule has 0 amide bonds. The molecular formula is C13H16Br2O2. The quantitative estimate of drug-likeness (QED) is 0.588. The zero-order valence-corrected chi connectivity index (χ0v) is 13.1. The highest BCUT2D eigenvalue weighted by molar-refractivity contribution is 9.10. The van der Waals surface area contributed by atoms with Crippen molar-refractivity contribution in [2.24, 2.45) is 0 Å². The van der Waals surface area contributed by atoms with Crippen molar-refractivity contribution in [1.82, 2.24) is 0 Å². The highest BCUT2D eigenvalue weighted by Gasteiger charge is 2.24. The first-order chi connectivity index (χ1) is 8.00. The van der Waals surface area contributed by atoms with Gasteiger partial charge in [-0.1, -0.05) is 62.2 Å². The lowest BCUT2D eigenvalue weighted by molar-refractivity contribution is -0.147. The maximum Gasteiger partial charge on any atom is 0.310 e. The van der Waals surface area contributed by atoms with Crippen LogP contribution in [0.2, 0.25) is 0 Å². The molecule has 0 spiro atoms. The summed E-state index contributed by atoms with van der Waals surface area (Å²) in [5, 5.41) is 0. The number of rotatable bonds is 5. The first kappa shape index (κ1) is 14.7. The number of hydrogen-bond acceptors (Lipinski definition) is 2. The van der Waals surface area contributed by atoms with Gasteiger partial charge in [0, 0.05) is 9.65 Å². The maximum atomic E-state index is 11.8. The fraction of sp³-hybridized carbons (Fsp3) is 0.462. The number of ether oxygens (including phenoxy) is 1. The van der Waals surface area contributed by atoms with Gasteiger partial charge in [0.2, 0.25) is 0 Å². The molecule has 0 aliphatic heterocycles. The van der Waals surface area contributed by atoms with E-state index in [9.17, 15) is 4.79 Å². The van der Waals surface area contributed by atoms with Crippen LogP contribution < -0.4 is 0 Å². The van der Waals surface area contributed by atoms with Crippen molar-refractivity contribution < 1.29 is 9.53 Å². The van der Waals surface area contributed by atoms with E-state index in [1.54, 1.807) is 0 Å². The minimum absolute atomic E-state index is 0.122. The summed E-state index contributed by atoms with van der Waals surface area (Å²) < 4.78 is 5.44. The molecule has 0 fully saturated rings. The van der Waals surface area contributed by atoms with Crippen LogP contribution in [-0.2, 0) is 16.0 Å². The molecule has 17 heavy (non-hydrogen) atoms. The Kier molecular flexibility index (Phi) is 6.20. The molecule has 1 rings (SSSR count). The van der Waals surface area contributed by atoms with Crippen molar-refractivity contribution in [3.05, 3.63) is 35.9 Å². The van der Waals surface area contributed by atoms with E-state index in [-0.39, 0.29) is 21.7 Å². The lowest BCUT2D eigenvalue weighted by atomic mass is 10.1. The highest BCUT2D eigenvalue weighted by atomic mass is 79.9. The summed E-state index contributed by atoms with van der Waals surface area (Å²) in [4.78, 5) is 12.0. The molecule has 4 heteroatoms. The zero-order valence-electron chi connectivity index (χ0n) is 9.90. The number of carbonyl (C=O) groups is 1. The Labute approximate surface area is 119 Å². The van der Waals surface area contributed by atoms with Crippen molar-refractivity contribution in [1.29, 1.82) is 0 Å². The molecule has 2 unspecified atom stereocenters. The Morgan fingerprint density at radius 2 is 1.71 bits per heavy atom. The van der Waals surface area contributed by atoms with E-state index in [4.69, 9.17) is 4.74 Å². The first-order valence-corrected chi connectivity index (χ1v) is 7.35. The molecule has 2 atom stereocenters. The second kappa shape index (κ2) is 7.17. The molecule has 0 bridgehead atoms. The van der Waals surface area contributed by atoms with Crippen molar-refractivity contribution in [3.8, 4) is 0 Å². The van der Waals surface area contributed by atoms with Gasteiger partial charge in [-0.05, 0) is 19.4 Å². The van der Waals surface area contributed by atoms with Crippen molar-refractivity contribution >= 4 is 37.8 Å². The van der Waals surface area contributed by atoms with E-state index in [1.807, 2.05) is 44.2 Å². The van der Waals surface area contributed by atoms with Crippen LogP contribution in [0.3, 0.4) is 0 Å². The molecule has 0 aliphatic rings. The summed E-state index contributed by atoms with van der Waals surface area (Å²) in [5.74, 6) is -0.196. The number of halogens is 2. The van der Waals surface area contributed by atoms with Crippen molar-refractivity contribution in [2.75, 3.05) is 0 Å². The lowest BCUT2D eigenvalue weighted by Gasteiger charge is -2.22. The maximum absolute atomic E-state index is 11.8. The summed E-state index contributed by atoms with van der Waals surface area (Å²) >= 11 is 6.90. The van der Waals surface area contributed by atoms with E-state index in [0.717, 1.165) is 5.56 Å². The van der Waals surface area contributed by atoms with E-state index >= 15 is 0 Å². The topological polar surface area (TPSA) is 26.3 Å². The van der Waals surface area contributed by atoms with Gasteiger partial charge in [-0.3, -0.25) is 4.79 Å². The molecule has 0 saturated carbocycles. The van der Waals surface area contributed by atoms with Gasteiger partial charge in [-0.25, -0.2) is 0 Å². The lowest BCUT2D eigenvalue weighted by Crippen LogP contribution is -2.32. The molecule has 0 aromatic heterocycles. The Morgan fingerprint density at radius 3 is 2.18 bits per heavy atom. The third-order valence-electron chi connectivity index (χ3n) is 2.36. The molecule has 1 aromatic carbocycles. The fourth-order valence-corrected chi connectivity index (χ4v) is 3.05. The van der Waals surface area contributed by atoms with Gasteiger partial charge in [0.15, 0.2) is 0 Å². The fourth-order valence-electron chi connectivity index (χ4n) is 1.51. The summed E-state index contributed by atoms with van der Waals surface area (Å²) in [6, 6.07) is 9.61. The van der Waals surface area contributed by atoms with Gasteiger partial charge in [0.1, 0.15) is 6.10 Å². The molecular weight excluding hydrogens is 348 g/mol. The smallest absolute Gasteiger partial charge is 0.310 e. The van der Waals surface area contributed by atoms with Crippen molar-refractivity contribution in [2.45, 2.75) is 36.0 Å². The van der Waals surface area contributed by atoms with Gasteiger partial charge in [0.25, 0.3) is 0 Å². The molecule has 0 heterocycles. The number of esters is 1. The van der Waals surface area contributed by atoms with Gasteiger partial charge in [-0.2, -0.15) is 0 Å². The van der Waals surface area contributed by atoms with E-state index in [0.29, 0.717) is 6.42 Å². The predicted octanol–water partition coefficient (Wildman–Crippen LogP) is 3.71. The molecule has 0 saturated heterocycles. The van der Waals surface area contributed by atoms with E-state index < -0.39 is 0 Å².